The number of carbonyl (C=O) groups is 1. The molecule has 2 aromatic heterocycles. The van der Waals surface area contributed by atoms with Gasteiger partial charge in [-0.25, -0.2) is 4.98 Å². The molecule has 2 aliphatic rings. The zero-order valence-corrected chi connectivity index (χ0v) is 10.5. The number of aromatic nitrogens is 2. The smallest absolute Gasteiger partial charge is 0.250 e. The number of pyridine rings is 2. The minimum absolute atomic E-state index is 0.411. The molecule has 19 heavy (non-hydrogen) atoms. The predicted molar refractivity (Wildman–Crippen MR) is 72.0 cm³/mol. The number of nitrogens with two attached hydrogens (primary N) is 1. The number of fused-ring (bicyclic) bond motifs is 1. The van der Waals surface area contributed by atoms with Gasteiger partial charge in [0, 0.05) is 35.9 Å². The summed E-state index contributed by atoms with van der Waals surface area (Å²) >= 11 is 0. The van der Waals surface area contributed by atoms with E-state index >= 15 is 0 Å². The minimum Gasteiger partial charge on any atom is -0.366 e. The molecular weight excluding hydrogens is 240 g/mol. The fourth-order valence-electron chi connectivity index (χ4n) is 2.86. The number of nitrogens with zero attached hydrogens (tertiary/aromatic N) is 3. The average Bonchev–Trinajstić information content (AvgIpc) is 3.19. The third-order valence-corrected chi connectivity index (χ3v) is 4.31. The van der Waals surface area contributed by atoms with Gasteiger partial charge in [0.1, 0.15) is 5.82 Å². The molecule has 5 heteroatoms. The van der Waals surface area contributed by atoms with E-state index in [2.05, 4.69) is 14.9 Å². The zero-order valence-electron chi connectivity index (χ0n) is 10.5. The number of primary amides is 1. The highest BCUT2D eigenvalue weighted by Gasteiger charge is 2.54. The Morgan fingerprint density at radius 2 is 2.05 bits per heavy atom. The van der Waals surface area contributed by atoms with Crippen molar-refractivity contribution in [2.24, 2.45) is 5.73 Å². The van der Waals surface area contributed by atoms with E-state index in [9.17, 15) is 4.79 Å². The summed E-state index contributed by atoms with van der Waals surface area (Å²) < 4.78 is 0. The topological polar surface area (TPSA) is 72.1 Å². The normalized spacial score (nSPS) is 19.5. The van der Waals surface area contributed by atoms with E-state index in [1.807, 2.05) is 6.07 Å². The van der Waals surface area contributed by atoms with Gasteiger partial charge < -0.3 is 10.6 Å². The highest BCUT2D eigenvalue weighted by molar-refractivity contribution is 5.96. The average molecular weight is 254 g/mol. The summed E-state index contributed by atoms with van der Waals surface area (Å²) in [7, 11) is 0. The van der Waals surface area contributed by atoms with Crippen molar-refractivity contribution in [2.45, 2.75) is 24.8 Å². The predicted octanol–water partition coefficient (Wildman–Crippen LogP) is 1.47. The van der Waals surface area contributed by atoms with E-state index in [0.717, 1.165) is 23.3 Å². The Hall–Kier alpha value is -2.17. The fraction of sp³-hybridized carbons (Fsp3) is 0.357. The van der Waals surface area contributed by atoms with Crippen molar-refractivity contribution in [1.82, 2.24) is 9.97 Å². The standard InChI is InChI=1S/C14H14N4O/c15-13(19)10-5-9-7-17-12(6-11(9)16-8-10)18-4-3-14(18)1-2-14/h5-8H,1-4H2,(H2,15,19). The van der Waals surface area contributed by atoms with Crippen LogP contribution >= 0.6 is 0 Å². The Kier molecular flexibility index (Phi) is 1.94. The summed E-state index contributed by atoms with van der Waals surface area (Å²) in [6.45, 7) is 1.08. The van der Waals surface area contributed by atoms with E-state index in [1.165, 1.54) is 25.5 Å². The van der Waals surface area contributed by atoms with Crippen LogP contribution < -0.4 is 10.6 Å². The van der Waals surface area contributed by atoms with Crippen molar-refractivity contribution < 1.29 is 4.79 Å². The maximum atomic E-state index is 11.1. The van der Waals surface area contributed by atoms with Crippen LogP contribution in [0, 0.1) is 0 Å². The molecule has 3 heterocycles. The first-order valence-electron chi connectivity index (χ1n) is 6.51. The fourth-order valence-corrected chi connectivity index (χ4v) is 2.86. The molecular formula is C14H14N4O. The molecule has 2 aromatic rings. The monoisotopic (exact) mass is 254 g/mol. The van der Waals surface area contributed by atoms with Crippen molar-refractivity contribution in [3.05, 3.63) is 30.1 Å². The van der Waals surface area contributed by atoms with Gasteiger partial charge in [-0.15, -0.1) is 0 Å². The summed E-state index contributed by atoms with van der Waals surface area (Å²) in [6, 6.07) is 3.74. The van der Waals surface area contributed by atoms with Crippen molar-refractivity contribution in [3.63, 3.8) is 0 Å². The van der Waals surface area contributed by atoms with E-state index in [-0.39, 0.29) is 0 Å². The largest absolute Gasteiger partial charge is 0.366 e. The molecule has 1 amide bonds. The Labute approximate surface area is 110 Å². The summed E-state index contributed by atoms with van der Waals surface area (Å²) in [6.07, 6.45) is 7.14. The molecule has 2 N–H and O–H groups in total. The number of hydrogen-bond acceptors (Lipinski definition) is 4. The number of carbonyl (C=O) groups excluding carboxylic acids is 1. The Balaban J connectivity index is 1.75. The van der Waals surface area contributed by atoms with Crippen molar-refractivity contribution in [3.8, 4) is 0 Å². The molecule has 1 saturated carbocycles. The van der Waals surface area contributed by atoms with Crippen LogP contribution in [-0.2, 0) is 0 Å². The summed E-state index contributed by atoms with van der Waals surface area (Å²) in [5.74, 6) is 0.536. The van der Waals surface area contributed by atoms with Crippen molar-refractivity contribution in [2.75, 3.05) is 11.4 Å². The van der Waals surface area contributed by atoms with E-state index in [4.69, 9.17) is 5.73 Å². The molecule has 4 rings (SSSR count). The first-order chi connectivity index (χ1) is 9.18. The van der Waals surface area contributed by atoms with Crippen LogP contribution in [0.1, 0.15) is 29.6 Å². The van der Waals surface area contributed by atoms with Gasteiger partial charge in [-0.1, -0.05) is 0 Å². The lowest BCUT2D eigenvalue weighted by Gasteiger charge is -2.43. The highest BCUT2D eigenvalue weighted by atomic mass is 16.1. The van der Waals surface area contributed by atoms with Crippen LogP contribution in [0.15, 0.2) is 24.5 Å². The van der Waals surface area contributed by atoms with Gasteiger partial charge in [-0.05, 0) is 25.3 Å². The molecule has 0 aromatic carbocycles. The number of hydrogen-bond donors (Lipinski definition) is 1. The van der Waals surface area contributed by atoms with Crippen LogP contribution in [0.4, 0.5) is 5.82 Å². The van der Waals surface area contributed by atoms with Crippen LogP contribution in [-0.4, -0.2) is 28.0 Å². The second-order valence-electron chi connectivity index (χ2n) is 5.45. The van der Waals surface area contributed by atoms with Gasteiger partial charge in [0.2, 0.25) is 5.91 Å². The second-order valence-corrected chi connectivity index (χ2v) is 5.45. The Bertz CT molecular complexity index is 693. The van der Waals surface area contributed by atoms with Crippen LogP contribution in [0.3, 0.4) is 0 Å². The maximum absolute atomic E-state index is 11.1. The summed E-state index contributed by atoms with van der Waals surface area (Å²) in [5, 5.41) is 0.852. The molecule has 1 spiro atoms. The lowest BCUT2D eigenvalue weighted by Crippen LogP contribution is -2.50. The van der Waals surface area contributed by atoms with Gasteiger partial charge in [-0.2, -0.15) is 0 Å². The lowest BCUT2D eigenvalue weighted by molar-refractivity contribution is 0.1000. The van der Waals surface area contributed by atoms with Crippen molar-refractivity contribution in [1.29, 1.82) is 0 Å². The maximum Gasteiger partial charge on any atom is 0.250 e. The Morgan fingerprint density at radius 1 is 1.21 bits per heavy atom. The molecule has 96 valence electrons. The van der Waals surface area contributed by atoms with Crippen LogP contribution in [0.25, 0.3) is 10.9 Å². The number of amides is 1. The van der Waals surface area contributed by atoms with Gasteiger partial charge in [0.15, 0.2) is 0 Å². The minimum atomic E-state index is -0.460. The number of anilines is 1. The number of rotatable bonds is 2. The van der Waals surface area contributed by atoms with Crippen LogP contribution in [0.2, 0.25) is 0 Å². The SMILES string of the molecule is NC(=O)c1cnc2cc(N3CCC34CC4)ncc2c1. The van der Waals surface area contributed by atoms with E-state index < -0.39 is 5.91 Å². The molecule has 0 unspecified atom stereocenters. The molecule has 5 nitrogen and oxygen atoms in total. The van der Waals surface area contributed by atoms with Crippen molar-refractivity contribution >= 4 is 22.6 Å². The molecule has 0 bridgehead atoms. The molecule has 0 atom stereocenters. The zero-order chi connectivity index (χ0) is 13.0. The molecule has 1 aliphatic carbocycles. The summed E-state index contributed by atoms with van der Waals surface area (Å²) in [5.41, 5.74) is 6.94. The lowest BCUT2D eigenvalue weighted by atomic mass is 10.0. The molecule has 0 radical (unpaired) electrons. The molecule has 1 aliphatic heterocycles. The Morgan fingerprint density at radius 3 is 2.68 bits per heavy atom. The first-order valence-corrected chi connectivity index (χ1v) is 6.51. The highest BCUT2D eigenvalue weighted by Crippen LogP contribution is 2.52. The third kappa shape index (κ3) is 1.51. The molecule has 1 saturated heterocycles. The second kappa shape index (κ2) is 3.44. The van der Waals surface area contributed by atoms with Crippen LogP contribution in [0.5, 0.6) is 0 Å². The quantitative estimate of drug-likeness (QED) is 0.880. The van der Waals surface area contributed by atoms with E-state index in [1.54, 1.807) is 12.3 Å². The van der Waals surface area contributed by atoms with Gasteiger partial charge >= 0.3 is 0 Å². The first kappa shape index (κ1) is 10.7. The third-order valence-electron chi connectivity index (χ3n) is 4.31. The summed E-state index contributed by atoms with van der Waals surface area (Å²) in [4.78, 5) is 22.3. The van der Waals surface area contributed by atoms with Gasteiger partial charge in [0.05, 0.1) is 11.1 Å². The van der Waals surface area contributed by atoms with Gasteiger partial charge in [0.25, 0.3) is 0 Å². The molecule has 2 fully saturated rings. The van der Waals surface area contributed by atoms with Gasteiger partial charge in [-0.3, -0.25) is 9.78 Å². The van der Waals surface area contributed by atoms with E-state index in [0.29, 0.717) is 11.1 Å².